The highest BCUT2D eigenvalue weighted by atomic mass is 16.5. The predicted octanol–water partition coefficient (Wildman–Crippen LogP) is 2.57. The number of aromatic nitrogens is 1. The summed E-state index contributed by atoms with van der Waals surface area (Å²) in [5, 5.41) is 1.15. The zero-order valence-electron chi connectivity index (χ0n) is 9.19. The Morgan fingerprint density at radius 2 is 2.31 bits per heavy atom. The maximum absolute atomic E-state index is 5.60. The molecule has 3 rings (SSSR count). The lowest BCUT2D eigenvalue weighted by molar-refractivity contribution is 0.288. The van der Waals surface area contributed by atoms with Crippen LogP contribution in [0, 0.1) is 0 Å². The van der Waals surface area contributed by atoms with Gasteiger partial charge in [0.1, 0.15) is 11.5 Å². The molecule has 0 saturated heterocycles. The lowest BCUT2D eigenvalue weighted by Crippen LogP contribution is -2.09. The fraction of sp³-hybridized carbons (Fsp3) is 0.308. The number of rotatable bonds is 1. The molecule has 0 radical (unpaired) electrons. The van der Waals surface area contributed by atoms with Crippen LogP contribution in [0.15, 0.2) is 24.4 Å². The van der Waals surface area contributed by atoms with Crippen LogP contribution in [0.1, 0.15) is 12.0 Å². The van der Waals surface area contributed by atoms with E-state index in [4.69, 9.17) is 9.47 Å². The number of pyridine rings is 1. The van der Waals surface area contributed by atoms with Gasteiger partial charge in [0.25, 0.3) is 0 Å². The van der Waals surface area contributed by atoms with Crippen molar-refractivity contribution in [2.24, 2.45) is 0 Å². The summed E-state index contributed by atoms with van der Waals surface area (Å²) in [5.74, 6) is 1.79. The second kappa shape index (κ2) is 3.67. The van der Waals surface area contributed by atoms with Gasteiger partial charge in [-0.1, -0.05) is 0 Å². The average Bonchev–Trinajstić information content (AvgIpc) is 2.38. The number of hydrogen-bond donors (Lipinski definition) is 0. The van der Waals surface area contributed by atoms with Crippen molar-refractivity contribution < 1.29 is 9.47 Å². The molecule has 2 aromatic rings. The van der Waals surface area contributed by atoms with E-state index >= 15 is 0 Å². The van der Waals surface area contributed by atoms with Crippen molar-refractivity contribution >= 4 is 10.9 Å². The van der Waals surface area contributed by atoms with E-state index in [1.54, 1.807) is 7.11 Å². The Hall–Kier alpha value is -1.77. The van der Waals surface area contributed by atoms with Crippen LogP contribution in [0.25, 0.3) is 10.9 Å². The van der Waals surface area contributed by atoms with Crippen LogP contribution < -0.4 is 9.47 Å². The molecular weight excluding hydrogens is 202 g/mol. The van der Waals surface area contributed by atoms with E-state index in [0.29, 0.717) is 0 Å². The first-order chi connectivity index (χ1) is 7.88. The highest BCUT2D eigenvalue weighted by molar-refractivity contribution is 5.85. The average molecular weight is 215 g/mol. The number of hydrogen-bond acceptors (Lipinski definition) is 3. The fourth-order valence-corrected chi connectivity index (χ4v) is 2.15. The van der Waals surface area contributed by atoms with Gasteiger partial charge in [-0.2, -0.15) is 0 Å². The SMILES string of the molecule is COc1ccc2ncc3c(c2c1)CCCO3. The van der Waals surface area contributed by atoms with Gasteiger partial charge in [-0.25, -0.2) is 0 Å². The van der Waals surface area contributed by atoms with Crippen LogP contribution in [-0.4, -0.2) is 18.7 Å². The number of ether oxygens (including phenoxy) is 2. The summed E-state index contributed by atoms with van der Waals surface area (Å²) in [6.07, 6.45) is 3.95. The Labute approximate surface area is 94.0 Å². The summed E-state index contributed by atoms with van der Waals surface area (Å²) >= 11 is 0. The van der Waals surface area contributed by atoms with Crippen LogP contribution >= 0.6 is 0 Å². The molecule has 0 unspecified atom stereocenters. The maximum Gasteiger partial charge on any atom is 0.141 e. The van der Waals surface area contributed by atoms with E-state index in [-0.39, 0.29) is 0 Å². The first-order valence-electron chi connectivity index (χ1n) is 5.47. The second-order valence-corrected chi connectivity index (χ2v) is 3.94. The number of aryl methyl sites for hydroxylation is 1. The van der Waals surface area contributed by atoms with Gasteiger partial charge in [-0.15, -0.1) is 0 Å². The molecule has 0 bridgehead atoms. The van der Waals surface area contributed by atoms with Crippen molar-refractivity contribution in [3.8, 4) is 11.5 Å². The van der Waals surface area contributed by atoms with Gasteiger partial charge in [0.15, 0.2) is 0 Å². The Kier molecular flexibility index (Phi) is 2.17. The zero-order chi connectivity index (χ0) is 11.0. The van der Waals surface area contributed by atoms with E-state index < -0.39 is 0 Å². The number of methoxy groups -OCH3 is 1. The van der Waals surface area contributed by atoms with Gasteiger partial charge in [0.05, 0.1) is 25.4 Å². The van der Waals surface area contributed by atoms with Crippen molar-refractivity contribution in [2.45, 2.75) is 12.8 Å². The van der Waals surface area contributed by atoms with E-state index in [1.807, 2.05) is 24.4 Å². The molecule has 82 valence electrons. The summed E-state index contributed by atoms with van der Waals surface area (Å²) in [5.41, 5.74) is 2.26. The van der Waals surface area contributed by atoms with Crippen molar-refractivity contribution in [1.82, 2.24) is 4.98 Å². The molecule has 1 aliphatic heterocycles. The molecule has 0 spiro atoms. The molecule has 1 aromatic carbocycles. The van der Waals surface area contributed by atoms with Gasteiger partial charge in [0.2, 0.25) is 0 Å². The molecule has 1 aliphatic rings. The lowest BCUT2D eigenvalue weighted by Gasteiger charge is -2.18. The third-order valence-electron chi connectivity index (χ3n) is 2.98. The molecule has 0 saturated carbocycles. The van der Waals surface area contributed by atoms with Crippen molar-refractivity contribution in [3.63, 3.8) is 0 Å². The first kappa shape index (κ1) is 9.46. The molecule has 0 fully saturated rings. The molecule has 1 aromatic heterocycles. The van der Waals surface area contributed by atoms with Crippen LogP contribution in [0.4, 0.5) is 0 Å². The standard InChI is InChI=1S/C13H13NO2/c1-15-9-4-5-12-11(7-9)10-3-2-6-16-13(10)8-14-12/h4-5,7-8H,2-3,6H2,1H3. The van der Waals surface area contributed by atoms with Crippen LogP contribution in [-0.2, 0) is 6.42 Å². The Morgan fingerprint density at radius 3 is 3.19 bits per heavy atom. The summed E-state index contributed by atoms with van der Waals surface area (Å²) in [6, 6.07) is 5.96. The third kappa shape index (κ3) is 1.40. The molecule has 0 N–H and O–H groups in total. The Balaban J connectivity index is 2.27. The monoisotopic (exact) mass is 215 g/mol. The Bertz CT molecular complexity index is 531. The first-order valence-corrected chi connectivity index (χ1v) is 5.47. The molecule has 3 heteroatoms. The van der Waals surface area contributed by atoms with Crippen molar-refractivity contribution in [2.75, 3.05) is 13.7 Å². The normalized spacial score (nSPS) is 14.3. The van der Waals surface area contributed by atoms with Crippen LogP contribution in [0.2, 0.25) is 0 Å². The molecule has 3 nitrogen and oxygen atoms in total. The Morgan fingerprint density at radius 1 is 1.38 bits per heavy atom. The lowest BCUT2D eigenvalue weighted by atomic mass is 10.0. The topological polar surface area (TPSA) is 31.4 Å². The summed E-state index contributed by atoms with van der Waals surface area (Å²) in [6.45, 7) is 0.796. The van der Waals surface area contributed by atoms with Crippen LogP contribution in [0.3, 0.4) is 0 Å². The fourth-order valence-electron chi connectivity index (χ4n) is 2.15. The molecule has 0 amide bonds. The smallest absolute Gasteiger partial charge is 0.141 e. The van der Waals surface area contributed by atoms with Crippen molar-refractivity contribution in [1.29, 1.82) is 0 Å². The van der Waals surface area contributed by atoms with E-state index in [2.05, 4.69) is 4.98 Å². The van der Waals surface area contributed by atoms with Gasteiger partial charge < -0.3 is 9.47 Å². The quantitative estimate of drug-likeness (QED) is 0.732. The van der Waals surface area contributed by atoms with Crippen molar-refractivity contribution in [3.05, 3.63) is 30.0 Å². The predicted molar refractivity (Wildman–Crippen MR) is 62.1 cm³/mol. The minimum Gasteiger partial charge on any atom is -0.497 e. The second-order valence-electron chi connectivity index (χ2n) is 3.94. The zero-order valence-corrected chi connectivity index (χ0v) is 9.19. The molecule has 2 heterocycles. The van der Waals surface area contributed by atoms with Gasteiger partial charge >= 0.3 is 0 Å². The molecule has 16 heavy (non-hydrogen) atoms. The van der Waals surface area contributed by atoms with E-state index in [1.165, 1.54) is 5.56 Å². The molecular formula is C13H13NO2. The third-order valence-corrected chi connectivity index (χ3v) is 2.98. The minimum absolute atomic E-state index is 0.796. The number of nitrogens with zero attached hydrogens (tertiary/aromatic N) is 1. The minimum atomic E-state index is 0.796. The van der Waals surface area contributed by atoms with Crippen LogP contribution in [0.5, 0.6) is 11.5 Å². The number of benzene rings is 1. The van der Waals surface area contributed by atoms with Gasteiger partial charge in [-0.3, -0.25) is 4.98 Å². The van der Waals surface area contributed by atoms with E-state index in [0.717, 1.165) is 41.9 Å². The number of fused-ring (bicyclic) bond motifs is 3. The van der Waals surface area contributed by atoms with Gasteiger partial charge in [0, 0.05) is 10.9 Å². The maximum atomic E-state index is 5.60. The summed E-state index contributed by atoms with van der Waals surface area (Å²) in [7, 11) is 1.68. The van der Waals surface area contributed by atoms with Gasteiger partial charge in [-0.05, 0) is 31.0 Å². The molecule has 0 aliphatic carbocycles. The highest BCUT2D eigenvalue weighted by Gasteiger charge is 2.14. The highest BCUT2D eigenvalue weighted by Crippen LogP contribution is 2.32. The summed E-state index contributed by atoms with van der Waals surface area (Å²) < 4.78 is 10.8. The molecule has 0 atom stereocenters. The van der Waals surface area contributed by atoms with E-state index in [9.17, 15) is 0 Å². The largest absolute Gasteiger partial charge is 0.497 e. The summed E-state index contributed by atoms with van der Waals surface area (Å²) in [4.78, 5) is 4.39.